The Kier molecular flexibility index (Phi) is 1.10. The highest BCUT2D eigenvalue weighted by molar-refractivity contribution is 5.04. The maximum atomic E-state index is 3.69. The van der Waals surface area contributed by atoms with E-state index in [4.69, 9.17) is 0 Å². The number of hydrogen-bond acceptors (Lipinski definition) is 1. The first-order valence-electron chi connectivity index (χ1n) is 4.12. The number of hydrogen-bond donors (Lipinski definition) is 1. The molecule has 2 rings (SSSR count). The van der Waals surface area contributed by atoms with E-state index in [0.717, 1.165) is 6.04 Å². The summed E-state index contributed by atoms with van der Waals surface area (Å²) in [7, 11) is 0. The standard InChI is InChI=1S/C8H15N/c1-2-8(5-6-8)9-7-3-4-7/h7,9H,2-6H2,1H3. The van der Waals surface area contributed by atoms with Crippen LogP contribution in [0.15, 0.2) is 0 Å². The quantitative estimate of drug-likeness (QED) is 0.605. The summed E-state index contributed by atoms with van der Waals surface area (Å²) in [4.78, 5) is 0. The molecule has 0 saturated heterocycles. The Balaban J connectivity index is 1.81. The third-order valence-corrected chi connectivity index (χ3v) is 2.62. The van der Waals surface area contributed by atoms with Crippen LogP contribution in [0.4, 0.5) is 0 Å². The smallest absolute Gasteiger partial charge is 0.0182 e. The first kappa shape index (κ1) is 5.72. The van der Waals surface area contributed by atoms with Gasteiger partial charge in [0.25, 0.3) is 0 Å². The Morgan fingerprint density at radius 1 is 1.44 bits per heavy atom. The number of rotatable bonds is 3. The van der Waals surface area contributed by atoms with Gasteiger partial charge in [0.2, 0.25) is 0 Å². The van der Waals surface area contributed by atoms with E-state index in [1.54, 1.807) is 0 Å². The van der Waals surface area contributed by atoms with Crippen LogP contribution in [0, 0.1) is 0 Å². The van der Waals surface area contributed by atoms with Crippen LogP contribution in [-0.4, -0.2) is 11.6 Å². The van der Waals surface area contributed by atoms with Crippen molar-refractivity contribution in [2.24, 2.45) is 0 Å². The molecule has 0 aromatic rings. The van der Waals surface area contributed by atoms with Gasteiger partial charge < -0.3 is 5.32 Å². The van der Waals surface area contributed by atoms with Gasteiger partial charge in [-0.1, -0.05) is 6.92 Å². The summed E-state index contributed by atoms with van der Waals surface area (Å²) < 4.78 is 0. The van der Waals surface area contributed by atoms with Crippen molar-refractivity contribution in [2.45, 2.75) is 50.6 Å². The maximum Gasteiger partial charge on any atom is 0.0182 e. The molecule has 0 spiro atoms. The molecule has 2 saturated carbocycles. The minimum Gasteiger partial charge on any atom is -0.309 e. The van der Waals surface area contributed by atoms with E-state index in [-0.39, 0.29) is 0 Å². The zero-order chi connectivity index (χ0) is 6.32. The first-order chi connectivity index (χ1) is 4.35. The van der Waals surface area contributed by atoms with Gasteiger partial charge in [0.15, 0.2) is 0 Å². The van der Waals surface area contributed by atoms with Crippen LogP contribution >= 0.6 is 0 Å². The minimum atomic E-state index is 0.626. The van der Waals surface area contributed by atoms with Crippen LogP contribution < -0.4 is 5.32 Å². The molecule has 2 aliphatic rings. The van der Waals surface area contributed by atoms with Crippen LogP contribution in [0.5, 0.6) is 0 Å². The summed E-state index contributed by atoms with van der Waals surface area (Å²) in [5.74, 6) is 0. The molecule has 0 aliphatic heterocycles. The van der Waals surface area contributed by atoms with Gasteiger partial charge in [0.05, 0.1) is 0 Å². The third-order valence-electron chi connectivity index (χ3n) is 2.62. The largest absolute Gasteiger partial charge is 0.309 e. The molecule has 0 atom stereocenters. The fraction of sp³-hybridized carbons (Fsp3) is 1.00. The second-order valence-corrected chi connectivity index (χ2v) is 3.55. The summed E-state index contributed by atoms with van der Waals surface area (Å²) in [6.45, 7) is 2.29. The molecule has 0 heterocycles. The van der Waals surface area contributed by atoms with E-state index < -0.39 is 0 Å². The van der Waals surface area contributed by atoms with Gasteiger partial charge >= 0.3 is 0 Å². The van der Waals surface area contributed by atoms with Gasteiger partial charge in [0, 0.05) is 11.6 Å². The summed E-state index contributed by atoms with van der Waals surface area (Å²) in [6, 6.07) is 0.910. The molecule has 1 heteroatoms. The number of nitrogens with one attached hydrogen (secondary N) is 1. The lowest BCUT2D eigenvalue weighted by molar-refractivity contribution is 0.480. The summed E-state index contributed by atoms with van der Waals surface area (Å²) in [5, 5.41) is 3.69. The SMILES string of the molecule is CCC1(NC2CC2)CC1. The molecular weight excluding hydrogens is 110 g/mol. The van der Waals surface area contributed by atoms with Gasteiger partial charge in [-0.3, -0.25) is 0 Å². The molecule has 2 fully saturated rings. The zero-order valence-electron chi connectivity index (χ0n) is 6.11. The molecule has 0 radical (unpaired) electrons. The molecule has 0 aromatic carbocycles. The molecule has 0 aromatic heterocycles. The average molecular weight is 125 g/mol. The van der Waals surface area contributed by atoms with E-state index in [2.05, 4.69) is 12.2 Å². The van der Waals surface area contributed by atoms with Crippen molar-refractivity contribution >= 4 is 0 Å². The van der Waals surface area contributed by atoms with Crippen molar-refractivity contribution < 1.29 is 0 Å². The Morgan fingerprint density at radius 2 is 2.11 bits per heavy atom. The maximum absolute atomic E-state index is 3.69. The second kappa shape index (κ2) is 1.72. The van der Waals surface area contributed by atoms with E-state index >= 15 is 0 Å². The van der Waals surface area contributed by atoms with E-state index in [1.807, 2.05) is 0 Å². The molecule has 0 amide bonds. The van der Waals surface area contributed by atoms with Crippen LogP contribution in [-0.2, 0) is 0 Å². The third kappa shape index (κ3) is 1.11. The van der Waals surface area contributed by atoms with Crippen molar-refractivity contribution in [1.29, 1.82) is 0 Å². The van der Waals surface area contributed by atoms with Crippen molar-refractivity contribution in [3.63, 3.8) is 0 Å². The first-order valence-corrected chi connectivity index (χ1v) is 4.12. The van der Waals surface area contributed by atoms with Crippen molar-refractivity contribution in [1.82, 2.24) is 5.32 Å². The highest BCUT2D eigenvalue weighted by Gasteiger charge is 2.43. The van der Waals surface area contributed by atoms with Crippen molar-refractivity contribution in [3.8, 4) is 0 Å². The summed E-state index contributed by atoms with van der Waals surface area (Å²) in [5.41, 5.74) is 0.626. The van der Waals surface area contributed by atoms with Crippen molar-refractivity contribution in [2.75, 3.05) is 0 Å². The predicted octanol–water partition coefficient (Wildman–Crippen LogP) is 1.68. The zero-order valence-corrected chi connectivity index (χ0v) is 6.11. The van der Waals surface area contributed by atoms with Gasteiger partial charge in [-0.15, -0.1) is 0 Å². The Hall–Kier alpha value is -0.0400. The van der Waals surface area contributed by atoms with Gasteiger partial charge in [-0.2, -0.15) is 0 Å². The van der Waals surface area contributed by atoms with Crippen LogP contribution in [0.3, 0.4) is 0 Å². The predicted molar refractivity (Wildman–Crippen MR) is 38.4 cm³/mol. The normalized spacial score (nSPS) is 30.3. The van der Waals surface area contributed by atoms with Crippen molar-refractivity contribution in [3.05, 3.63) is 0 Å². The molecule has 1 nitrogen and oxygen atoms in total. The molecule has 9 heavy (non-hydrogen) atoms. The lowest BCUT2D eigenvalue weighted by Gasteiger charge is -2.12. The average Bonchev–Trinajstić information content (AvgIpc) is 2.68. The van der Waals surface area contributed by atoms with E-state index in [9.17, 15) is 0 Å². The fourth-order valence-electron chi connectivity index (χ4n) is 1.41. The van der Waals surface area contributed by atoms with Crippen LogP contribution in [0.25, 0.3) is 0 Å². The molecule has 1 N–H and O–H groups in total. The Labute approximate surface area is 56.8 Å². The van der Waals surface area contributed by atoms with Gasteiger partial charge in [-0.05, 0) is 32.1 Å². The topological polar surface area (TPSA) is 12.0 Å². The minimum absolute atomic E-state index is 0.626. The van der Waals surface area contributed by atoms with Gasteiger partial charge in [0.1, 0.15) is 0 Å². The molecule has 52 valence electrons. The van der Waals surface area contributed by atoms with E-state index in [1.165, 1.54) is 32.1 Å². The van der Waals surface area contributed by atoms with Crippen LogP contribution in [0.1, 0.15) is 39.0 Å². The molecular formula is C8H15N. The highest BCUT2D eigenvalue weighted by atomic mass is 15.1. The Bertz CT molecular complexity index is 112. The molecule has 2 aliphatic carbocycles. The Morgan fingerprint density at radius 3 is 2.44 bits per heavy atom. The highest BCUT2D eigenvalue weighted by Crippen LogP contribution is 2.41. The fourth-order valence-corrected chi connectivity index (χ4v) is 1.41. The van der Waals surface area contributed by atoms with E-state index in [0.29, 0.717) is 5.54 Å². The monoisotopic (exact) mass is 125 g/mol. The molecule has 0 bridgehead atoms. The lowest BCUT2D eigenvalue weighted by Crippen LogP contribution is -2.32. The lowest BCUT2D eigenvalue weighted by atomic mass is 10.2. The van der Waals surface area contributed by atoms with Gasteiger partial charge in [-0.25, -0.2) is 0 Å². The van der Waals surface area contributed by atoms with Crippen LogP contribution in [0.2, 0.25) is 0 Å². The summed E-state index contributed by atoms with van der Waals surface area (Å²) >= 11 is 0. The summed E-state index contributed by atoms with van der Waals surface area (Å²) in [6.07, 6.45) is 7.06. The molecule has 0 unspecified atom stereocenters. The second-order valence-electron chi connectivity index (χ2n) is 3.55.